The molecule has 0 amide bonds. The van der Waals surface area contributed by atoms with E-state index in [4.69, 9.17) is 11.6 Å². The molecule has 96 valence electrons. The second kappa shape index (κ2) is 5.26. The highest BCUT2D eigenvalue weighted by molar-refractivity contribution is 7.94. The Hall–Kier alpha value is -1.11. The highest BCUT2D eigenvalue weighted by Gasteiger charge is 2.16. The molecule has 2 rings (SSSR count). The SMILES string of the molecule is CCc1ccc(S(=O)(=O)Nc2ccnc(Cl)c2)s1. The zero-order valence-corrected chi connectivity index (χ0v) is 11.9. The van der Waals surface area contributed by atoms with Crippen molar-refractivity contribution in [1.82, 2.24) is 4.98 Å². The average molecular weight is 303 g/mol. The fourth-order valence-corrected chi connectivity index (χ4v) is 3.88. The van der Waals surface area contributed by atoms with Gasteiger partial charge in [-0.3, -0.25) is 4.72 Å². The molecular weight excluding hydrogens is 292 g/mol. The maximum atomic E-state index is 12.1. The van der Waals surface area contributed by atoms with Gasteiger partial charge < -0.3 is 0 Å². The number of nitrogens with one attached hydrogen (secondary N) is 1. The minimum Gasteiger partial charge on any atom is -0.279 e. The number of halogens is 1. The third kappa shape index (κ3) is 3.01. The Morgan fingerprint density at radius 3 is 2.78 bits per heavy atom. The lowest BCUT2D eigenvalue weighted by molar-refractivity contribution is 0.603. The Bertz CT molecular complexity index is 653. The van der Waals surface area contributed by atoms with E-state index in [0.717, 1.165) is 11.3 Å². The van der Waals surface area contributed by atoms with Crippen LogP contribution in [0.1, 0.15) is 11.8 Å². The van der Waals surface area contributed by atoms with E-state index >= 15 is 0 Å². The van der Waals surface area contributed by atoms with Gasteiger partial charge in [0.05, 0.1) is 5.69 Å². The van der Waals surface area contributed by atoms with Crippen molar-refractivity contribution in [2.45, 2.75) is 17.6 Å². The highest BCUT2D eigenvalue weighted by Crippen LogP contribution is 2.24. The van der Waals surface area contributed by atoms with Gasteiger partial charge in [-0.15, -0.1) is 11.3 Å². The maximum Gasteiger partial charge on any atom is 0.271 e. The average Bonchev–Trinajstić information content (AvgIpc) is 2.77. The van der Waals surface area contributed by atoms with Crippen LogP contribution in [0.25, 0.3) is 0 Å². The minimum atomic E-state index is -3.54. The van der Waals surface area contributed by atoms with Gasteiger partial charge in [-0.1, -0.05) is 18.5 Å². The van der Waals surface area contributed by atoms with Crippen LogP contribution in [0.15, 0.2) is 34.7 Å². The Balaban J connectivity index is 2.27. The van der Waals surface area contributed by atoms with Crippen molar-refractivity contribution in [1.29, 1.82) is 0 Å². The minimum absolute atomic E-state index is 0.246. The molecule has 7 heteroatoms. The number of aromatic nitrogens is 1. The molecule has 0 aliphatic heterocycles. The van der Waals surface area contributed by atoms with Crippen LogP contribution in [-0.2, 0) is 16.4 Å². The van der Waals surface area contributed by atoms with Crippen molar-refractivity contribution in [2.75, 3.05) is 4.72 Å². The second-order valence-electron chi connectivity index (χ2n) is 3.55. The molecule has 0 bridgehead atoms. The van der Waals surface area contributed by atoms with Crippen LogP contribution in [0.5, 0.6) is 0 Å². The standard InChI is InChI=1S/C11H11ClN2O2S2/c1-2-9-3-4-11(17-9)18(15,16)14-8-5-6-13-10(12)7-8/h3-7H,2H2,1H3,(H,13,14). The van der Waals surface area contributed by atoms with Gasteiger partial charge in [0, 0.05) is 11.1 Å². The topological polar surface area (TPSA) is 59.1 Å². The smallest absolute Gasteiger partial charge is 0.271 e. The van der Waals surface area contributed by atoms with Crippen LogP contribution in [0, 0.1) is 0 Å². The van der Waals surface area contributed by atoms with Crippen molar-refractivity contribution >= 4 is 38.6 Å². The van der Waals surface area contributed by atoms with Gasteiger partial charge in [0.15, 0.2) is 0 Å². The molecule has 2 heterocycles. The summed E-state index contributed by atoms with van der Waals surface area (Å²) in [5.41, 5.74) is 0.404. The van der Waals surface area contributed by atoms with Gasteiger partial charge in [0.2, 0.25) is 0 Å². The summed E-state index contributed by atoms with van der Waals surface area (Å²) in [5.74, 6) is 0. The summed E-state index contributed by atoms with van der Waals surface area (Å²) in [4.78, 5) is 4.82. The van der Waals surface area contributed by atoms with Crippen LogP contribution < -0.4 is 4.72 Å². The van der Waals surface area contributed by atoms with E-state index in [1.54, 1.807) is 12.1 Å². The molecule has 2 aromatic rings. The Morgan fingerprint density at radius 2 is 2.17 bits per heavy atom. The normalized spacial score (nSPS) is 11.4. The third-order valence-corrected chi connectivity index (χ3v) is 5.54. The molecule has 0 unspecified atom stereocenters. The molecule has 18 heavy (non-hydrogen) atoms. The number of hydrogen-bond donors (Lipinski definition) is 1. The van der Waals surface area contributed by atoms with Crippen LogP contribution in [0.4, 0.5) is 5.69 Å². The summed E-state index contributed by atoms with van der Waals surface area (Å²) < 4.78 is 26.9. The Morgan fingerprint density at radius 1 is 1.39 bits per heavy atom. The first-order valence-electron chi connectivity index (χ1n) is 5.24. The van der Waals surface area contributed by atoms with Crippen molar-refractivity contribution in [2.24, 2.45) is 0 Å². The lowest BCUT2D eigenvalue weighted by Gasteiger charge is -2.05. The first-order chi connectivity index (χ1) is 8.51. The Labute approximate surface area is 115 Å². The second-order valence-corrected chi connectivity index (χ2v) is 7.01. The number of sulfonamides is 1. The number of pyridine rings is 1. The summed E-state index contributed by atoms with van der Waals surface area (Å²) in [6.45, 7) is 1.98. The molecule has 0 aromatic carbocycles. The largest absolute Gasteiger partial charge is 0.279 e. The van der Waals surface area contributed by atoms with Crippen molar-refractivity contribution in [3.8, 4) is 0 Å². The number of thiophene rings is 1. The quantitative estimate of drug-likeness (QED) is 0.883. The highest BCUT2D eigenvalue weighted by atomic mass is 35.5. The molecule has 0 aliphatic rings. The van der Waals surface area contributed by atoms with E-state index in [0.29, 0.717) is 9.90 Å². The third-order valence-electron chi connectivity index (χ3n) is 2.23. The number of anilines is 1. The maximum absolute atomic E-state index is 12.1. The van der Waals surface area contributed by atoms with Gasteiger partial charge in [0.1, 0.15) is 9.36 Å². The lowest BCUT2D eigenvalue weighted by Crippen LogP contribution is -2.11. The fourth-order valence-electron chi connectivity index (χ4n) is 1.36. The molecule has 0 fully saturated rings. The molecular formula is C11H11ClN2O2S2. The fraction of sp³-hybridized carbons (Fsp3) is 0.182. The molecule has 0 radical (unpaired) electrons. The Kier molecular flexibility index (Phi) is 3.89. The first kappa shape index (κ1) is 13.3. The molecule has 0 atom stereocenters. The predicted octanol–water partition coefficient (Wildman–Crippen LogP) is 3.16. The molecule has 4 nitrogen and oxygen atoms in total. The van der Waals surface area contributed by atoms with E-state index < -0.39 is 10.0 Å². The van der Waals surface area contributed by atoms with Crippen LogP contribution >= 0.6 is 22.9 Å². The van der Waals surface area contributed by atoms with Gasteiger partial charge in [-0.25, -0.2) is 13.4 Å². The molecule has 0 aliphatic carbocycles. The number of aryl methyl sites for hydroxylation is 1. The van der Waals surface area contributed by atoms with Crippen molar-refractivity contribution in [3.05, 3.63) is 40.5 Å². The van der Waals surface area contributed by atoms with Gasteiger partial charge in [0.25, 0.3) is 10.0 Å². The molecule has 1 N–H and O–H groups in total. The summed E-state index contributed by atoms with van der Waals surface area (Å²) in [6, 6.07) is 6.44. The van der Waals surface area contributed by atoms with Gasteiger partial charge in [-0.05, 0) is 30.7 Å². The van der Waals surface area contributed by atoms with Gasteiger partial charge in [-0.2, -0.15) is 0 Å². The molecule has 2 aromatic heterocycles. The summed E-state index contributed by atoms with van der Waals surface area (Å²) in [6.07, 6.45) is 2.27. The lowest BCUT2D eigenvalue weighted by atomic mass is 10.4. The van der Waals surface area contributed by atoms with Crippen LogP contribution in [0.3, 0.4) is 0 Å². The molecule has 0 saturated carbocycles. The zero-order valence-electron chi connectivity index (χ0n) is 9.55. The summed E-state index contributed by atoms with van der Waals surface area (Å²) in [5, 5.41) is 0.246. The van der Waals surface area contributed by atoms with Crippen LogP contribution in [0.2, 0.25) is 5.15 Å². The molecule has 0 spiro atoms. The summed E-state index contributed by atoms with van der Waals surface area (Å²) >= 11 is 6.97. The monoisotopic (exact) mass is 302 g/mol. The number of nitrogens with zero attached hydrogens (tertiary/aromatic N) is 1. The van der Waals surface area contributed by atoms with Crippen LogP contribution in [-0.4, -0.2) is 13.4 Å². The van der Waals surface area contributed by atoms with E-state index in [-0.39, 0.29) is 5.15 Å². The summed E-state index contributed by atoms with van der Waals surface area (Å²) in [7, 11) is -3.54. The predicted molar refractivity (Wildman–Crippen MR) is 73.8 cm³/mol. The van der Waals surface area contributed by atoms with Crippen molar-refractivity contribution < 1.29 is 8.42 Å². The first-order valence-corrected chi connectivity index (χ1v) is 7.92. The molecule has 0 saturated heterocycles. The number of hydrogen-bond acceptors (Lipinski definition) is 4. The number of rotatable bonds is 4. The zero-order chi connectivity index (χ0) is 13.2. The van der Waals surface area contributed by atoms with Gasteiger partial charge >= 0.3 is 0 Å². The van der Waals surface area contributed by atoms with E-state index in [1.165, 1.54) is 23.6 Å². The van der Waals surface area contributed by atoms with E-state index in [2.05, 4.69) is 9.71 Å². The van der Waals surface area contributed by atoms with E-state index in [9.17, 15) is 8.42 Å². The van der Waals surface area contributed by atoms with E-state index in [1.807, 2.05) is 13.0 Å². The van der Waals surface area contributed by atoms with Crippen molar-refractivity contribution in [3.63, 3.8) is 0 Å².